The number of amides is 1. The number of hydrogen-bond donors (Lipinski definition) is 0. The lowest BCUT2D eigenvalue weighted by atomic mass is 10.3. The summed E-state index contributed by atoms with van der Waals surface area (Å²) in [4.78, 5) is 30.3. The molecule has 0 radical (unpaired) electrons. The predicted octanol–water partition coefficient (Wildman–Crippen LogP) is -0.0177. The molecular weight excluding hydrogens is 346 g/mol. The van der Waals surface area contributed by atoms with Gasteiger partial charge in [0.2, 0.25) is 5.91 Å². The van der Waals surface area contributed by atoms with Crippen LogP contribution in [0.5, 0.6) is 0 Å². The van der Waals surface area contributed by atoms with Crippen molar-refractivity contribution in [2.45, 2.75) is 19.4 Å². The van der Waals surface area contributed by atoms with Gasteiger partial charge in [0.25, 0.3) is 5.56 Å². The lowest BCUT2D eigenvalue weighted by Gasteiger charge is -2.35. The van der Waals surface area contributed by atoms with Gasteiger partial charge in [-0.3, -0.25) is 9.59 Å². The number of hydrogen-bond acceptors (Lipinski definition) is 7. The van der Waals surface area contributed by atoms with Crippen molar-refractivity contribution in [1.29, 1.82) is 0 Å². The van der Waals surface area contributed by atoms with Crippen LogP contribution in [0.2, 0.25) is 0 Å². The van der Waals surface area contributed by atoms with Crippen LogP contribution in [-0.2, 0) is 11.3 Å². The summed E-state index contributed by atoms with van der Waals surface area (Å²) in [6.07, 6.45) is 3.94. The summed E-state index contributed by atoms with van der Waals surface area (Å²) < 4.78 is 1.19. The lowest BCUT2D eigenvalue weighted by Crippen LogP contribution is -2.50. The van der Waals surface area contributed by atoms with Crippen LogP contribution in [0.1, 0.15) is 12.8 Å². The molecule has 2 aliphatic rings. The molecule has 4 heterocycles. The van der Waals surface area contributed by atoms with Crippen molar-refractivity contribution in [2.24, 2.45) is 0 Å². The molecule has 27 heavy (non-hydrogen) atoms. The van der Waals surface area contributed by atoms with E-state index >= 15 is 0 Å². The Kier molecular flexibility index (Phi) is 4.99. The normalized spacial score (nSPS) is 17.4. The highest BCUT2D eigenvalue weighted by Crippen LogP contribution is 2.19. The van der Waals surface area contributed by atoms with Crippen LogP contribution in [0.4, 0.5) is 11.6 Å². The molecule has 2 saturated heterocycles. The summed E-state index contributed by atoms with van der Waals surface area (Å²) in [6, 6.07) is 7.01. The van der Waals surface area contributed by atoms with Crippen molar-refractivity contribution in [3.8, 4) is 0 Å². The van der Waals surface area contributed by atoms with E-state index in [0.29, 0.717) is 26.2 Å². The monoisotopic (exact) mass is 369 g/mol. The van der Waals surface area contributed by atoms with Gasteiger partial charge in [-0.1, -0.05) is 0 Å². The molecule has 0 N–H and O–H groups in total. The minimum atomic E-state index is -0.266. The second kappa shape index (κ2) is 7.73. The molecule has 4 rings (SSSR count). The van der Waals surface area contributed by atoms with Crippen LogP contribution in [0, 0.1) is 0 Å². The maximum atomic E-state index is 12.4. The Bertz CT molecular complexity index is 837. The Hall–Kier alpha value is -2.97. The quantitative estimate of drug-likeness (QED) is 0.749. The molecule has 2 aliphatic heterocycles. The van der Waals surface area contributed by atoms with Gasteiger partial charge in [0, 0.05) is 51.5 Å². The molecule has 2 aromatic rings. The molecule has 9 heteroatoms. The van der Waals surface area contributed by atoms with Gasteiger partial charge >= 0.3 is 0 Å². The van der Waals surface area contributed by atoms with E-state index in [9.17, 15) is 9.59 Å². The Morgan fingerprint density at radius 2 is 1.52 bits per heavy atom. The molecule has 0 atom stereocenters. The zero-order valence-electron chi connectivity index (χ0n) is 15.2. The first-order valence-corrected chi connectivity index (χ1v) is 9.34. The number of carbonyl (C=O) groups is 1. The molecular formula is C18H23N7O2. The van der Waals surface area contributed by atoms with E-state index in [1.165, 1.54) is 29.8 Å². The zero-order valence-corrected chi connectivity index (χ0v) is 15.2. The van der Waals surface area contributed by atoms with Crippen molar-refractivity contribution < 1.29 is 4.79 Å². The van der Waals surface area contributed by atoms with E-state index < -0.39 is 0 Å². The highest BCUT2D eigenvalue weighted by Gasteiger charge is 2.23. The number of nitrogens with zero attached hydrogens (tertiary/aromatic N) is 7. The number of rotatable bonds is 4. The summed E-state index contributed by atoms with van der Waals surface area (Å²) in [5.41, 5.74) is -0.266. The first-order chi connectivity index (χ1) is 13.2. The second-order valence-corrected chi connectivity index (χ2v) is 6.83. The Balaban J connectivity index is 1.32. The van der Waals surface area contributed by atoms with Crippen molar-refractivity contribution in [2.75, 3.05) is 49.1 Å². The van der Waals surface area contributed by atoms with Crippen molar-refractivity contribution in [1.82, 2.24) is 24.9 Å². The number of aromatic nitrogens is 4. The summed E-state index contributed by atoms with van der Waals surface area (Å²) in [5.74, 6) is 1.68. The van der Waals surface area contributed by atoms with Gasteiger partial charge in [-0.2, -0.15) is 5.10 Å². The van der Waals surface area contributed by atoms with Gasteiger partial charge < -0.3 is 14.7 Å². The Morgan fingerprint density at radius 3 is 2.11 bits per heavy atom. The van der Waals surface area contributed by atoms with Crippen molar-refractivity contribution in [3.05, 3.63) is 40.8 Å². The van der Waals surface area contributed by atoms with Gasteiger partial charge in [-0.05, 0) is 31.0 Å². The first kappa shape index (κ1) is 17.4. The topological polar surface area (TPSA) is 87.5 Å². The van der Waals surface area contributed by atoms with Crippen LogP contribution in [0.25, 0.3) is 0 Å². The van der Waals surface area contributed by atoms with E-state index in [0.717, 1.165) is 24.7 Å². The third-order valence-electron chi connectivity index (χ3n) is 5.09. The molecule has 9 nitrogen and oxygen atoms in total. The predicted molar refractivity (Wildman–Crippen MR) is 101 cm³/mol. The summed E-state index contributed by atoms with van der Waals surface area (Å²) in [6.45, 7) is 4.65. The minimum Gasteiger partial charge on any atom is -0.355 e. The molecule has 2 aromatic heterocycles. The van der Waals surface area contributed by atoms with E-state index in [4.69, 9.17) is 0 Å². The van der Waals surface area contributed by atoms with Crippen LogP contribution < -0.4 is 15.4 Å². The van der Waals surface area contributed by atoms with Gasteiger partial charge in [-0.25, -0.2) is 4.68 Å². The molecule has 2 fully saturated rings. The fourth-order valence-electron chi connectivity index (χ4n) is 3.52. The standard InChI is InChI=1S/C18H23N7O2/c26-17-4-3-7-19-25(17)14-18(27)24-12-10-23(11-13-24)16-6-5-15(20-21-16)22-8-1-2-9-22/h3-7H,1-2,8-14H2. The van der Waals surface area contributed by atoms with Crippen LogP contribution in [0.15, 0.2) is 35.3 Å². The zero-order chi connectivity index (χ0) is 18.6. The summed E-state index contributed by atoms with van der Waals surface area (Å²) in [5, 5.41) is 12.7. The molecule has 0 bridgehead atoms. The summed E-state index contributed by atoms with van der Waals surface area (Å²) >= 11 is 0. The van der Waals surface area contributed by atoms with Gasteiger partial charge in [0.15, 0.2) is 11.6 Å². The van der Waals surface area contributed by atoms with Crippen LogP contribution in [-0.4, -0.2) is 70.1 Å². The molecule has 0 unspecified atom stereocenters. The minimum absolute atomic E-state index is 0.0238. The smallest absolute Gasteiger partial charge is 0.267 e. The average molecular weight is 369 g/mol. The first-order valence-electron chi connectivity index (χ1n) is 9.34. The van der Waals surface area contributed by atoms with E-state index in [1.807, 2.05) is 12.1 Å². The fraction of sp³-hybridized carbons (Fsp3) is 0.500. The van der Waals surface area contributed by atoms with Gasteiger partial charge in [0.1, 0.15) is 6.54 Å². The van der Waals surface area contributed by atoms with Crippen molar-refractivity contribution in [3.63, 3.8) is 0 Å². The van der Waals surface area contributed by atoms with Gasteiger partial charge in [0.05, 0.1) is 0 Å². The Morgan fingerprint density at radius 1 is 0.889 bits per heavy atom. The molecule has 142 valence electrons. The third-order valence-corrected chi connectivity index (χ3v) is 5.09. The fourth-order valence-corrected chi connectivity index (χ4v) is 3.52. The average Bonchev–Trinajstić information content (AvgIpc) is 3.25. The largest absolute Gasteiger partial charge is 0.355 e. The Labute approximate surface area is 157 Å². The third kappa shape index (κ3) is 3.91. The number of anilines is 2. The SMILES string of the molecule is O=C(Cn1ncccc1=O)N1CCN(c2ccc(N3CCCC3)nn2)CC1. The highest BCUT2D eigenvalue weighted by atomic mass is 16.2. The lowest BCUT2D eigenvalue weighted by molar-refractivity contribution is -0.132. The van der Waals surface area contributed by atoms with E-state index in [2.05, 4.69) is 25.1 Å². The molecule has 0 aromatic carbocycles. The van der Waals surface area contributed by atoms with Crippen molar-refractivity contribution >= 4 is 17.5 Å². The van der Waals surface area contributed by atoms with Crippen LogP contribution >= 0.6 is 0 Å². The van der Waals surface area contributed by atoms with E-state index in [1.54, 1.807) is 11.0 Å². The van der Waals surface area contributed by atoms with E-state index in [-0.39, 0.29) is 18.0 Å². The molecule has 1 amide bonds. The molecule has 0 saturated carbocycles. The number of carbonyl (C=O) groups excluding carboxylic acids is 1. The molecule has 0 aliphatic carbocycles. The van der Waals surface area contributed by atoms with Crippen LogP contribution in [0.3, 0.4) is 0 Å². The summed E-state index contributed by atoms with van der Waals surface area (Å²) in [7, 11) is 0. The second-order valence-electron chi connectivity index (χ2n) is 6.83. The molecule has 0 spiro atoms. The maximum Gasteiger partial charge on any atom is 0.267 e. The highest BCUT2D eigenvalue weighted by molar-refractivity contribution is 5.76. The number of piperazine rings is 1. The maximum absolute atomic E-state index is 12.4. The van der Waals surface area contributed by atoms with Gasteiger partial charge in [-0.15, -0.1) is 10.2 Å².